The number of hydrogen-bond acceptors (Lipinski definition) is 6. The Kier molecular flexibility index (Phi) is 9.67. The Balaban J connectivity index is 2.50. The summed E-state index contributed by atoms with van der Waals surface area (Å²) in [5, 5.41) is 0. The average Bonchev–Trinajstić information content (AvgIpc) is 2.62. The fourth-order valence-corrected chi connectivity index (χ4v) is 3.07. The zero-order valence-corrected chi connectivity index (χ0v) is 15.1. The Morgan fingerprint density at radius 3 is 2.17 bits per heavy atom. The Morgan fingerprint density at radius 2 is 1.62 bits per heavy atom. The van der Waals surface area contributed by atoms with Crippen LogP contribution in [-0.4, -0.2) is 48.7 Å². The van der Waals surface area contributed by atoms with Gasteiger partial charge in [-0.25, -0.2) is 9.59 Å². The van der Waals surface area contributed by atoms with Crippen LogP contribution in [0.25, 0.3) is 0 Å². The SMILES string of the molecule is C=CCOC(=O)c1ccccc1C(=O)OCCCC[Si](OC)OC. The van der Waals surface area contributed by atoms with E-state index in [4.69, 9.17) is 18.3 Å². The molecule has 0 amide bonds. The molecule has 0 aromatic heterocycles. The predicted octanol–water partition coefficient (Wildman–Crippen LogP) is 2.75. The van der Waals surface area contributed by atoms with Gasteiger partial charge in [0.25, 0.3) is 0 Å². The van der Waals surface area contributed by atoms with Gasteiger partial charge in [-0.3, -0.25) is 0 Å². The number of ether oxygens (including phenoxy) is 2. The lowest BCUT2D eigenvalue weighted by Crippen LogP contribution is -2.18. The van der Waals surface area contributed by atoms with E-state index in [2.05, 4.69) is 6.58 Å². The molecular weight excluding hydrogens is 328 g/mol. The van der Waals surface area contributed by atoms with Crippen LogP contribution in [0.4, 0.5) is 0 Å². The molecule has 1 radical (unpaired) electrons. The van der Waals surface area contributed by atoms with Gasteiger partial charge in [0, 0.05) is 14.2 Å². The van der Waals surface area contributed by atoms with E-state index in [1.807, 2.05) is 0 Å². The maximum atomic E-state index is 12.2. The number of carbonyl (C=O) groups is 2. The van der Waals surface area contributed by atoms with Crippen molar-refractivity contribution >= 4 is 21.2 Å². The molecule has 0 fully saturated rings. The maximum Gasteiger partial charge on any atom is 0.384 e. The highest BCUT2D eigenvalue weighted by molar-refractivity contribution is 6.44. The lowest BCUT2D eigenvalue weighted by molar-refractivity contribution is 0.0471. The molecule has 0 saturated heterocycles. The number of rotatable bonds is 11. The Bertz CT molecular complexity index is 542. The molecule has 0 heterocycles. The quantitative estimate of drug-likeness (QED) is 0.264. The van der Waals surface area contributed by atoms with Crippen LogP contribution >= 0.6 is 0 Å². The summed E-state index contributed by atoms with van der Waals surface area (Å²) in [6, 6.07) is 7.24. The molecule has 6 nitrogen and oxygen atoms in total. The van der Waals surface area contributed by atoms with Crippen LogP contribution in [0, 0.1) is 0 Å². The molecule has 0 aliphatic heterocycles. The molecule has 0 unspecified atom stereocenters. The Labute approximate surface area is 144 Å². The minimum Gasteiger partial charge on any atom is -0.462 e. The predicted molar refractivity (Wildman–Crippen MR) is 91.0 cm³/mol. The highest BCUT2D eigenvalue weighted by atomic mass is 28.3. The van der Waals surface area contributed by atoms with Crippen molar-refractivity contribution in [2.45, 2.75) is 18.9 Å². The van der Waals surface area contributed by atoms with Gasteiger partial charge in [-0.15, -0.1) is 0 Å². The molecule has 0 atom stereocenters. The molecule has 0 aliphatic rings. The average molecular weight is 351 g/mol. The fraction of sp³-hybridized carbons (Fsp3) is 0.412. The van der Waals surface area contributed by atoms with Crippen LogP contribution in [0.5, 0.6) is 0 Å². The summed E-state index contributed by atoms with van der Waals surface area (Å²) in [6.07, 6.45) is 3.01. The van der Waals surface area contributed by atoms with Crippen LogP contribution in [0.3, 0.4) is 0 Å². The van der Waals surface area contributed by atoms with Gasteiger partial charge in [0.2, 0.25) is 0 Å². The minimum absolute atomic E-state index is 0.0885. The number of carbonyl (C=O) groups excluding carboxylic acids is 2. The van der Waals surface area contributed by atoms with E-state index in [1.165, 1.54) is 12.1 Å². The van der Waals surface area contributed by atoms with E-state index in [9.17, 15) is 9.59 Å². The van der Waals surface area contributed by atoms with Crippen molar-refractivity contribution in [3.05, 3.63) is 48.0 Å². The van der Waals surface area contributed by atoms with Crippen molar-refractivity contribution < 1.29 is 27.9 Å². The summed E-state index contributed by atoms with van der Waals surface area (Å²) in [4.78, 5) is 24.1. The third-order valence-corrected chi connectivity index (χ3v) is 4.84. The lowest BCUT2D eigenvalue weighted by Gasteiger charge is -2.10. The first-order valence-electron chi connectivity index (χ1n) is 7.62. The molecule has 0 N–H and O–H groups in total. The van der Waals surface area contributed by atoms with E-state index in [0.717, 1.165) is 12.5 Å². The van der Waals surface area contributed by atoms with Gasteiger partial charge in [0.1, 0.15) is 6.61 Å². The van der Waals surface area contributed by atoms with Crippen LogP contribution in [0.1, 0.15) is 33.6 Å². The summed E-state index contributed by atoms with van der Waals surface area (Å²) in [5.74, 6) is -1.11. The van der Waals surface area contributed by atoms with E-state index in [-0.39, 0.29) is 24.3 Å². The molecule has 24 heavy (non-hydrogen) atoms. The Hall–Kier alpha value is -1.96. The number of unbranched alkanes of at least 4 members (excludes halogenated alkanes) is 1. The van der Waals surface area contributed by atoms with E-state index >= 15 is 0 Å². The van der Waals surface area contributed by atoms with Crippen molar-refractivity contribution in [3.63, 3.8) is 0 Å². The van der Waals surface area contributed by atoms with Gasteiger partial charge in [-0.1, -0.05) is 24.8 Å². The van der Waals surface area contributed by atoms with Gasteiger partial charge < -0.3 is 18.3 Å². The molecule has 0 spiro atoms. The van der Waals surface area contributed by atoms with Crippen LogP contribution in [-0.2, 0) is 18.3 Å². The molecule has 1 aromatic rings. The van der Waals surface area contributed by atoms with Gasteiger partial charge in [-0.05, 0) is 31.0 Å². The zero-order valence-electron chi connectivity index (χ0n) is 14.1. The van der Waals surface area contributed by atoms with E-state index in [0.29, 0.717) is 6.42 Å². The summed E-state index contributed by atoms with van der Waals surface area (Å²) in [5.41, 5.74) is 0.388. The third kappa shape index (κ3) is 6.65. The fourth-order valence-electron chi connectivity index (χ4n) is 1.95. The van der Waals surface area contributed by atoms with Gasteiger partial charge in [0.15, 0.2) is 0 Å². The molecule has 0 aliphatic carbocycles. The molecule has 1 rings (SSSR count). The van der Waals surface area contributed by atoms with Crippen molar-refractivity contribution in [2.75, 3.05) is 27.4 Å². The topological polar surface area (TPSA) is 71.1 Å². The summed E-state index contributed by atoms with van der Waals surface area (Å²) in [6.45, 7) is 3.85. The zero-order chi connectivity index (χ0) is 17.8. The van der Waals surface area contributed by atoms with Gasteiger partial charge in [0.05, 0.1) is 17.7 Å². The van der Waals surface area contributed by atoms with Crippen LogP contribution in [0.2, 0.25) is 6.04 Å². The van der Waals surface area contributed by atoms with Gasteiger partial charge in [-0.2, -0.15) is 0 Å². The number of hydrogen-bond donors (Lipinski definition) is 0. The monoisotopic (exact) mass is 351 g/mol. The second-order valence-corrected chi connectivity index (χ2v) is 6.87. The summed E-state index contributed by atoms with van der Waals surface area (Å²) < 4.78 is 20.6. The van der Waals surface area contributed by atoms with Gasteiger partial charge >= 0.3 is 21.2 Å². The molecule has 0 saturated carbocycles. The van der Waals surface area contributed by atoms with E-state index in [1.54, 1.807) is 32.4 Å². The van der Waals surface area contributed by atoms with Crippen molar-refractivity contribution in [1.29, 1.82) is 0 Å². The highest BCUT2D eigenvalue weighted by Gasteiger charge is 2.18. The minimum atomic E-state index is -1.21. The normalized spacial score (nSPS) is 10.5. The molecule has 7 heteroatoms. The highest BCUT2D eigenvalue weighted by Crippen LogP contribution is 2.13. The second kappa shape index (κ2) is 11.6. The molecule has 131 valence electrons. The second-order valence-electron chi connectivity index (χ2n) is 4.81. The van der Waals surface area contributed by atoms with Crippen LogP contribution in [0.15, 0.2) is 36.9 Å². The molecular formula is C17H23O6Si. The first-order chi connectivity index (χ1) is 11.6. The lowest BCUT2D eigenvalue weighted by atomic mass is 10.1. The largest absolute Gasteiger partial charge is 0.462 e. The smallest absolute Gasteiger partial charge is 0.384 e. The maximum absolute atomic E-state index is 12.2. The molecule has 1 aromatic carbocycles. The molecule has 0 bridgehead atoms. The van der Waals surface area contributed by atoms with Crippen molar-refractivity contribution in [3.8, 4) is 0 Å². The van der Waals surface area contributed by atoms with E-state index < -0.39 is 21.2 Å². The summed E-state index contributed by atoms with van der Waals surface area (Å²) >= 11 is 0. The third-order valence-electron chi connectivity index (χ3n) is 3.16. The number of benzene rings is 1. The van der Waals surface area contributed by atoms with Crippen molar-refractivity contribution in [2.24, 2.45) is 0 Å². The Morgan fingerprint density at radius 1 is 1.04 bits per heavy atom. The first-order valence-corrected chi connectivity index (χ1v) is 9.14. The standard InChI is InChI=1S/C17H23O6Si/c1-4-11-22-16(18)14-9-5-6-10-15(14)17(19)23-12-7-8-13-24(20-2)21-3/h4-6,9-10H,1,7-8,11-13H2,2-3H3. The van der Waals surface area contributed by atoms with Crippen molar-refractivity contribution in [1.82, 2.24) is 0 Å². The summed E-state index contributed by atoms with van der Waals surface area (Å²) in [7, 11) is 2.04. The van der Waals surface area contributed by atoms with Crippen LogP contribution < -0.4 is 0 Å². The number of esters is 2. The first kappa shape index (κ1) is 20.1.